The minimum Gasteiger partial charge on any atom is -0.379 e. The third-order valence-electron chi connectivity index (χ3n) is 1.74. The lowest BCUT2D eigenvalue weighted by Crippen LogP contribution is -2.19. The average molecular weight is 222 g/mol. The van der Waals surface area contributed by atoms with Crippen LogP contribution in [-0.4, -0.2) is 17.5 Å². The van der Waals surface area contributed by atoms with E-state index in [0.29, 0.717) is 0 Å². The van der Waals surface area contributed by atoms with Crippen LogP contribution in [0.1, 0.15) is 11.7 Å². The van der Waals surface area contributed by atoms with Crippen LogP contribution in [0, 0.1) is 0 Å². The fraction of sp³-hybridized carbons (Fsp3) is 0.333. The molecule has 0 saturated heterocycles. The van der Waals surface area contributed by atoms with Crippen LogP contribution >= 0.6 is 11.8 Å². The largest absolute Gasteiger partial charge is 0.418 e. The maximum atomic E-state index is 12.1. The Labute approximate surface area is 83.9 Å². The molecule has 0 aliphatic carbocycles. The second-order valence-electron chi connectivity index (χ2n) is 2.72. The number of halogens is 3. The summed E-state index contributed by atoms with van der Waals surface area (Å²) < 4.78 is 36.2. The van der Waals surface area contributed by atoms with Crippen LogP contribution in [0.5, 0.6) is 0 Å². The van der Waals surface area contributed by atoms with Crippen molar-refractivity contribution < 1.29 is 18.3 Å². The molecule has 0 radical (unpaired) electrons. The molecule has 1 rings (SSSR count). The molecule has 78 valence electrons. The van der Waals surface area contributed by atoms with E-state index in [1.165, 1.54) is 23.9 Å². The molecule has 0 unspecified atom stereocenters. The fourth-order valence-corrected chi connectivity index (χ4v) is 1.38. The first-order valence-electron chi connectivity index (χ1n) is 3.84. The molecule has 5 heteroatoms. The Morgan fingerprint density at radius 2 is 1.71 bits per heavy atom. The van der Waals surface area contributed by atoms with E-state index < -0.39 is 12.3 Å². The summed E-state index contributed by atoms with van der Waals surface area (Å²) in [5.41, 5.74) is -0.129. The zero-order chi connectivity index (χ0) is 10.8. The Kier molecular flexibility index (Phi) is 3.44. The number of thioether (sulfide) groups is 1. The van der Waals surface area contributed by atoms with Crippen molar-refractivity contribution in [3.63, 3.8) is 0 Å². The molecule has 0 amide bonds. The van der Waals surface area contributed by atoms with Crippen LogP contribution in [0.2, 0.25) is 0 Å². The first-order valence-corrected chi connectivity index (χ1v) is 5.06. The van der Waals surface area contributed by atoms with E-state index >= 15 is 0 Å². The van der Waals surface area contributed by atoms with Gasteiger partial charge in [-0.25, -0.2) is 0 Å². The van der Waals surface area contributed by atoms with Crippen molar-refractivity contribution in [1.29, 1.82) is 0 Å². The van der Waals surface area contributed by atoms with Gasteiger partial charge in [0.25, 0.3) is 0 Å². The summed E-state index contributed by atoms with van der Waals surface area (Å²) in [7, 11) is 0. The number of aliphatic hydroxyl groups excluding tert-OH is 1. The molecule has 0 spiro atoms. The van der Waals surface area contributed by atoms with Crippen molar-refractivity contribution in [1.82, 2.24) is 0 Å². The lowest BCUT2D eigenvalue weighted by molar-refractivity contribution is -0.206. The molecule has 1 atom stereocenters. The summed E-state index contributed by atoms with van der Waals surface area (Å²) in [4.78, 5) is 0.864. The first kappa shape index (κ1) is 11.4. The van der Waals surface area contributed by atoms with Crippen molar-refractivity contribution in [2.24, 2.45) is 0 Å². The second kappa shape index (κ2) is 4.23. The van der Waals surface area contributed by atoms with Crippen LogP contribution in [0.4, 0.5) is 13.2 Å². The molecule has 0 saturated carbocycles. The molecule has 0 heterocycles. The van der Waals surface area contributed by atoms with Crippen molar-refractivity contribution in [2.75, 3.05) is 6.26 Å². The van der Waals surface area contributed by atoms with Gasteiger partial charge in [-0.3, -0.25) is 0 Å². The topological polar surface area (TPSA) is 20.2 Å². The molecule has 1 aromatic rings. The van der Waals surface area contributed by atoms with Gasteiger partial charge < -0.3 is 5.11 Å². The molecule has 0 fully saturated rings. The van der Waals surface area contributed by atoms with Gasteiger partial charge in [0, 0.05) is 4.90 Å². The van der Waals surface area contributed by atoms with Crippen LogP contribution in [-0.2, 0) is 0 Å². The lowest BCUT2D eigenvalue weighted by Gasteiger charge is -2.14. The number of benzene rings is 1. The Morgan fingerprint density at radius 1 is 1.21 bits per heavy atom. The van der Waals surface area contributed by atoms with Gasteiger partial charge >= 0.3 is 6.18 Å². The molecule has 0 aromatic heterocycles. The zero-order valence-electron chi connectivity index (χ0n) is 7.38. The number of aliphatic hydroxyl groups is 1. The third-order valence-corrected chi connectivity index (χ3v) is 2.49. The van der Waals surface area contributed by atoms with Gasteiger partial charge in [-0.2, -0.15) is 13.2 Å². The predicted octanol–water partition coefficient (Wildman–Crippen LogP) is 3.00. The van der Waals surface area contributed by atoms with Gasteiger partial charge in [0.1, 0.15) is 0 Å². The maximum Gasteiger partial charge on any atom is 0.418 e. The molecule has 1 aromatic carbocycles. The quantitative estimate of drug-likeness (QED) is 0.776. The number of alkyl halides is 3. The highest BCUT2D eigenvalue weighted by Gasteiger charge is 2.39. The minimum absolute atomic E-state index is 0.129. The van der Waals surface area contributed by atoms with E-state index in [1.54, 1.807) is 12.1 Å². The first-order chi connectivity index (χ1) is 6.45. The predicted molar refractivity (Wildman–Crippen MR) is 49.2 cm³/mol. The number of rotatable bonds is 2. The second-order valence-corrected chi connectivity index (χ2v) is 3.60. The normalized spacial score (nSPS) is 14.1. The standard InChI is InChI=1S/C9H9F3OS/c1-14-7-4-2-6(3-5-7)8(13)9(10,11)12/h2-5,8,13H,1H3/t8-/m0/s1. The average Bonchev–Trinajstić information content (AvgIpc) is 2.15. The van der Waals surface area contributed by atoms with Crippen LogP contribution in [0.25, 0.3) is 0 Å². The van der Waals surface area contributed by atoms with Crippen molar-refractivity contribution in [3.05, 3.63) is 29.8 Å². The van der Waals surface area contributed by atoms with Crippen LogP contribution < -0.4 is 0 Å². The monoisotopic (exact) mass is 222 g/mol. The third kappa shape index (κ3) is 2.65. The van der Waals surface area contributed by atoms with E-state index in [2.05, 4.69) is 0 Å². The van der Waals surface area contributed by atoms with Gasteiger partial charge in [0.15, 0.2) is 6.10 Å². The van der Waals surface area contributed by atoms with Crippen LogP contribution in [0.15, 0.2) is 29.2 Å². The molecular formula is C9H9F3OS. The molecule has 0 aliphatic heterocycles. The Bertz CT molecular complexity index is 294. The summed E-state index contributed by atoms with van der Waals surface area (Å²) >= 11 is 1.43. The van der Waals surface area contributed by atoms with Crippen molar-refractivity contribution in [3.8, 4) is 0 Å². The van der Waals surface area contributed by atoms with Crippen molar-refractivity contribution >= 4 is 11.8 Å². The van der Waals surface area contributed by atoms with Gasteiger partial charge in [-0.05, 0) is 24.0 Å². The lowest BCUT2D eigenvalue weighted by atomic mass is 10.1. The Hall–Kier alpha value is -0.680. The van der Waals surface area contributed by atoms with Crippen molar-refractivity contribution in [2.45, 2.75) is 17.2 Å². The van der Waals surface area contributed by atoms with E-state index in [4.69, 9.17) is 5.11 Å². The summed E-state index contributed by atoms with van der Waals surface area (Å²) in [6.45, 7) is 0. The highest BCUT2D eigenvalue weighted by molar-refractivity contribution is 7.98. The van der Waals surface area contributed by atoms with Gasteiger partial charge in [-0.15, -0.1) is 11.8 Å². The fourth-order valence-electron chi connectivity index (χ4n) is 0.975. The molecule has 14 heavy (non-hydrogen) atoms. The van der Waals surface area contributed by atoms with Gasteiger partial charge in [0.05, 0.1) is 0 Å². The Balaban J connectivity index is 2.87. The van der Waals surface area contributed by atoms with E-state index in [1.807, 2.05) is 6.26 Å². The maximum absolute atomic E-state index is 12.1. The highest BCUT2D eigenvalue weighted by atomic mass is 32.2. The minimum atomic E-state index is -4.60. The molecule has 1 N–H and O–H groups in total. The van der Waals surface area contributed by atoms with Gasteiger partial charge in [-0.1, -0.05) is 12.1 Å². The smallest absolute Gasteiger partial charge is 0.379 e. The summed E-state index contributed by atoms with van der Waals surface area (Å²) in [6.07, 6.45) is -5.16. The number of hydrogen-bond acceptors (Lipinski definition) is 2. The molecule has 0 aliphatic rings. The SMILES string of the molecule is CSc1ccc([C@H](O)C(F)(F)F)cc1. The molecular weight excluding hydrogens is 213 g/mol. The van der Waals surface area contributed by atoms with Crippen LogP contribution in [0.3, 0.4) is 0 Å². The summed E-state index contributed by atoms with van der Waals surface area (Å²) in [5, 5.41) is 8.89. The molecule has 1 nitrogen and oxygen atoms in total. The summed E-state index contributed by atoms with van der Waals surface area (Å²) in [6, 6.07) is 5.66. The highest BCUT2D eigenvalue weighted by Crippen LogP contribution is 2.32. The summed E-state index contributed by atoms with van der Waals surface area (Å²) in [5.74, 6) is 0. The molecule has 0 bridgehead atoms. The van der Waals surface area contributed by atoms with E-state index in [9.17, 15) is 13.2 Å². The van der Waals surface area contributed by atoms with Gasteiger partial charge in [0.2, 0.25) is 0 Å². The zero-order valence-corrected chi connectivity index (χ0v) is 8.19. The Morgan fingerprint density at radius 3 is 2.07 bits per heavy atom. The number of hydrogen-bond donors (Lipinski definition) is 1. The van der Waals surface area contributed by atoms with E-state index in [0.717, 1.165) is 4.90 Å². The van der Waals surface area contributed by atoms with E-state index in [-0.39, 0.29) is 5.56 Å².